The quantitative estimate of drug-likeness (QED) is 0.518. The van der Waals surface area contributed by atoms with Crippen LogP contribution in [0.3, 0.4) is 0 Å². The van der Waals surface area contributed by atoms with Gasteiger partial charge in [0.25, 0.3) is 0 Å². The third-order valence-corrected chi connectivity index (χ3v) is 6.03. The minimum Gasteiger partial charge on any atom is -0.493 e. The molecule has 146 valence electrons. The summed E-state index contributed by atoms with van der Waals surface area (Å²) < 4.78 is 6.20. The third kappa shape index (κ3) is 4.71. The zero-order valence-electron chi connectivity index (χ0n) is 17.6. The Kier molecular flexibility index (Phi) is 6.96. The van der Waals surface area contributed by atoms with Crippen molar-refractivity contribution in [2.75, 3.05) is 13.2 Å². The summed E-state index contributed by atoms with van der Waals surface area (Å²) in [5, 5.41) is 9.66. The van der Waals surface area contributed by atoms with E-state index in [1.54, 1.807) is 0 Å². The zero-order valence-corrected chi connectivity index (χ0v) is 17.6. The topological polar surface area (TPSA) is 29.5 Å². The molecule has 0 amide bonds. The summed E-state index contributed by atoms with van der Waals surface area (Å²) in [6.45, 7) is 16.3. The Hall–Kier alpha value is -1.28. The molecule has 2 nitrogen and oxygen atoms in total. The maximum Gasteiger partial charge on any atom is 0.127 e. The van der Waals surface area contributed by atoms with Crippen LogP contribution >= 0.6 is 0 Å². The largest absolute Gasteiger partial charge is 0.493 e. The van der Waals surface area contributed by atoms with Gasteiger partial charge in [-0.2, -0.15) is 0 Å². The van der Waals surface area contributed by atoms with E-state index in [-0.39, 0.29) is 17.4 Å². The van der Waals surface area contributed by atoms with E-state index < -0.39 is 0 Å². The van der Waals surface area contributed by atoms with E-state index >= 15 is 0 Å². The van der Waals surface area contributed by atoms with Crippen LogP contribution in [0.2, 0.25) is 0 Å². The number of aliphatic hydroxyl groups is 1. The van der Waals surface area contributed by atoms with Crippen LogP contribution in [-0.4, -0.2) is 18.3 Å². The van der Waals surface area contributed by atoms with E-state index in [9.17, 15) is 5.11 Å². The molecular formula is C24H38O2. The summed E-state index contributed by atoms with van der Waals surface area (Å²) >= 11 is 0. The van der Waals surface area contributed by atoms with Gasteiger partial charge in [-0.3, -0.25) is 0 Å². The molecule has 1 N–H and O–H groups in total. The van der Waals surface area contributed by atoms with Crippen molar-refractivity contribution in [2.45, 2.75) is 90.4 Å². The lowest BCUT2D eigenvalue weighted by Gasteiger charge is -2.42. The minimum atomic E-state index is -0.0323. The van der Waals surface area contributed by atoms with Gasteiger partial charge in [0.2, 0.25) is 0 Å². The summed E-state index contributed by atoms with van der Waals surface area (Å²) in [5.41, 5.74) is 4.80. The molecule has 1 aliphatic rings. The van der Waals surface area contributed by atoms with Gasteiger partial charge in [-0.1, -0.05) is 66.9 Å². The second-order valence-corrected chi connectivity index (χ2v) is 9.19. The van der Waals surface area contributed by atoms with E-state index in [1.807, 2.05) is 0 Å². The Morgan fingerprint density at radius 3 is 2.15 bits per heavy atom. The molecule has 1 aliphatic carbocycles. The summed E-state index contributed by atoms with van der Waals surface area (Å²) in [4.78, 5) is 0. The summed E-state index contributed by atoms with van der Waals surface area (Å²) in [6.07, 6.45) is 8.50. The average molecular weight is 359 g/mol. The van der Waals surface area contributed by atoms with Crippen LogP contribution in [0.25, 0.3) is 5.57 Å². The number of unbranched alkanes of at least 4 members (excludes halogenated alkanes) is 4. The zero-order chi connectivity index (χ0) is 19.4. The molecule has 0 fully saturated rings. The molecule has 0 radical (unpaired) electrons. The van der Waals surface area contributed by atoms with Crippen LogP contribution in [-0.2, 0) is 10.8 Å². The van der Waals surface area contributed by atoms with Crippen LogP contribution in [0.4, 0.5) is 0 Å². The molecule has 0 saturated carbocycles. The first-order chi connectivity index (χ1) is 12.2. The Morgan fingerprint density at radius 1 is 1.00 bits per heavy atom. The average Bonchev–Trinajstić information content (AvgIpc) is 2.61. The highest BCUT2D eigenvalue weighted by atomic mass is 16.5. The standard InChI is InChI=1S/C24H38O2/c1-7-8-9-10-11-14-26-22-16-21-20(15-19(22)18(2)17-25)23(3,4)12-13-24(21,5)6/h15-16,25H,2,7-14,17H2,1,3-6H3. The van der Waals surface area contributed by atoms with Crippen molar-refractivity contribution in [1.82, 2.24) is 0 Å². The smallest absolute Gasteiger partial charge is 0.127 e. The summed E-state index contributed by atoms with van der Waals surface area (Å²) in [6, 6.07) is 4.47. The maximum absolute atomic E-state index is 9.66. The fourth-order valence-corrected chi connectivity index (χ4v) is 3.96. The van der Waals surface area contributed by atoms with Crippen molar-refractivity contribution < 1.29 is 9.84 Å². The number of fused-ring (bicyclic) bond motifs is 1. The first-order valence-corrected chi connectivity index (χ1v) is 10.3. The normalized spacial score (nSPS) is 17.6. The van der Waals surface area contributed by atoms with Gasteiger partial charge in [0.05, 0.1) is 13.2 Å². The van der Waals surface area contributed by atoms with Gasteiger partial charge in [0, 0.05) is 5.56 Å². The lowest BCUT2D eigenvalue weighted by atomic mass is 9.62. The highest BCUT2D eigenvalue weighted by Gasteiger charge is 2.38. The molecule has 0 aromatic heterocycles. The molecule has 1 aromatic carbocycles. The van der Waals surface area contributed by atoms with E-state index in [0.717, 1.165) is 29.9 Å². The first-order valence-electron chi connectivity index (χ1n) is 10.3. The molecule has 0 atom stereocenters. The van der Waals surface area contributed by atoms with Crippen molar-refractivity contribution in [1.29, 1.82) is 0 Å². The molecule has 26 heavy (non-hydrogen) atoms. The van der Waals surface area contributed by atoms with Crippen LogP contribution in [0.5, 0.6) is 5.75 Å². The van der Waals surface area contributed by atoms with Crippen molar-refractivity contribution >= 4 is 5.57 Å². The Balaban J connectivity index is 2.30. The number of aliphatic hydroxyl groups excluding tert-OH is 1. The number of benzene rings is 1. The molecule has 2 heteroatoms. The fraction of sp³-hybridized carbons (Fsp3) is 0.667. The Labute approximate surface area is 160 Å². The molecule has 0 unspecified atom stereocenters. The van der Waals surface area contributed by atoms with Crippen LogP contribution in [0, 0.1) is 0 Å². The Bertz CT molecular complexity index is 625. The molecule has 0 saturated heterocycles. The van der Waals surface area contributed by atoms with Gasteiger partial charge in [0.15, 0.2) is 0 Å². The van der Waals surface area contributed by atoms with Gasteiger partial charge in [-0.15, -0.1) is 0 Å². The minimum absolute atomic E-state index is 0.0323. The molecule has 0 heterocycles. The fourth-order valence-electron chi connectivity index (χ4n) is 3.96. The predicted octanol–water partition coefficient (Wildman–Crippen LogP) is 6.39. The van der Waals surface area contributed by atoms with E-state index in [1.165, 1.54) is 49.7 Å². The highest BCUT2D eigenvalue weighted by Crippen LogP contribution is 2.48. The van der Waals surface area contributed by atoms with Crippen LogP contribution in [0.15, 0.2) is 18.7 Å². The van der Waals surface area contributed by atoms with E-state index in [2.05, 4.69) is 53.3 Å². The van der Waals surface area contributed by atoms with Gasteiger partial charge in [-0.25, -0.2) is 0 Å². The monoisotopic (exact) mass is 358 g/mol. The molecule has 1 aromatic rings. The first kappa shape index (κ1) is 21.0. The van der Waals surface area contributed by atoms with Gasteiger partial charge < -0.3 is 9.84 Å². The van der Waals surface area contributed by atoms with Crippen molar-refractivity contribution in [3.05, 3.63) is 35.4 Å². The highest BCUT2D eigenvalue weighted by molar-refractivity contribution is 5.71. The number of hydrogen-bond donors (Lipinski definition) is 1. The third-order valence-electron chi connectivity index (χ3n) is 6.03. The van der Waals surface area contributed by atoms with Gasteiger partial charge >= 0.3 is 0 Å². The van der Waals surface area contributed by atoms with Crippen LogP contribution < -0.4 is 4.74 Å². The van der Waals surface area contributed by atoms with E-state index in [4.69, 9.17) is 4.74 Å². The molecule has 2 rings (SSSR count). The van der Waals surface area contributed by atoms with Gasteiger partial charge in [0.1, 0.15) is 5.75 Å². The summed E-state index contributed by atoms with van der Waals surface area (Å²) in [5.74, 6) is 0.893. The van der Waals surface area contributed by atoms with Crippen molar-refractivity contribution in [3.8, 4) is 5.75 Å². The van der Waals surface area contributed by atoms with Crippen molar-refractivity contribution in [2.24, 2.45) is 0 Å². The van der Waals surface area contributed by atoms with Crippen LogP contribution in [0.1, 0.15) is 96.3 Å². The number of hydrogen-bond acceptors (Lipinski definition) is 2. The molecule has 0 aliphatic heterocycles. The summed E-state index contributed by atoms with van der Waals surface area (Å²) in [7, 11) is 0. The number of rotatable bonds is 9. The second kappa shape index (κ2) is 8.61. The lowest BCUT2D eigenvalue weighted by molar-refractivity contribution is 0.296. The molecule has 0 spiro atoms. The van der Waals surface area contributed by atoms with Crippen molar-refractivity contribution in [3.63, 3.8) is 0 Å². The second-order valence-electron chi connectivity index (χ2n) is 9.19. The number of ether oxygens (including phenoxy) is 1. The Morgan fingerprint density at radius 2 is 1.58 bits per heavy atom. The van der Waals surface area contributed by atoms with Gasteiger partial charge in [-0.05, 0) is 58.9 Å². The molecule has 0 bridgehead atoms. The SMILES string of the molecule is C=C(CO)c1cc2c(cc1OCCCCCCC)C(C)(C)CCC2(C)C. The predicted molar refractivity (Wildman–Crippen MR) is 112 cm³/mol. The lowest BCUT2D eigenvalue weighted by Crippen LogP contribution is -2.34. The van der Waals surface area contributed by atoms with E-state index in [0.29, 0.717) is 0 Å². The molecular weight excluding hydrogens is 320 g/mol. The maximum atomic E-state index is 9.66.